The van der Waals surface area contributed by atoms with Gasteiger partial charge in [0.2, 0.25) is 5.91 Å². The number of ether oxygens (including phenoxy) is 1. The van der Waals surface area contributed by atoms with Crippen LogP contribution in [0.15, 0.2) is 54.8 Å². The van der Waals surface area contributed by atoms with E-state index in [1.54, 1.807) is 7.11 Å². The largest absolute Gasteiger partial charge is 0.511 e. The van der Waals surface area contributed by atoms with Crippen molar-refractivity contribution < 1.29 is 14.6 Å². The van der Waals surface area contributed by atoms with Crippen LogP contribution in [0.3, 0.4) is 0 Å². The molecule has 1 aromatic heterocycles. The summed E-state index contributed by atoms with van der Waals surface area (Å²) < 4.78 is 5.48. The predicted octanol–water partition coefficient (Wildman–Crippen LogP) is 4.73. The Bertz CT molecular complexity index is 1090. The maximum atomic E-state index is 13.0. The number of aryl methyl sites for hydroxylation is 1. The molecule has 1 heterocycles. The second-order valence-corrected chi connectivity index (χ2v) is 8.26. The summed E-state index contributed by atoms with van der Waals surface area (Å²) in [5.41, 5.74) is 4.18. The lowest BCUT2D eigenvalue weighted by atomic mass is 9.82. The smallest absolute Gasteiger partial charge is 0.224 e. The van der Waals surface area contributed by atoms with E-state index in [2.05, 4.69) is 22.9 Å². The lowest BCUT2D eigenvalue weighted by Gasteiger charge is -2.27. The molecule has 0 radical (unpaired) electrons. The third-order valence-electron chi connectivity index (χ3n) is 5.81. The molecule has 5 nitrogen and oxygen atoms in total. The van der Waals surface area contributed by atoms with Crippen molar-refractivity contribution in [3.05, 3.63) is 76.6 Å². The highest BCUT2D eigenvalue weighted by Gasteiger charge is 2.29. The summed E-state index contributed by atoms with van der Waals surface area (Å²) in [4.78, 5) is 16.3. The fourth-order valence-electron chi connectivity index (χ4n) is 4.21. The molecule has 2 aromatic carbocycles. The van der Waals surface area contributed by atoms with Crippen LogP contribution in [0.1, 0.15) is 23.2 Å². The number of aliphatic hydroxyl groups excluding tert-OH is 1. The molecular weight excluding hydrogens is 400 g/mol. The first kappa shape index (κ1) is 20.4. The van der Waals surface area contributed by atoms with Crippen molar-refractivity contribution in [1.29, 1.82) is 0 Å². The zero-order valence-corrected chi connectivity index (χ0v) is 17.6. The Morgan fingerprint density at radius 1 is 1.37 bits per heavy atom. The molecule has 0 saturated heterocycles. The normalized spacial score (nSPS) is 16.7. The van der Waals surface area contributed by atoms with Crippen LogP contribution in [0.4, 0.5) is 0 Å². The van der Waals surface area contributed by atoms with E-state index in [4.69, 9.17) is 16.3 Å². The van der Waals surface area contributed by atoms with Gasteiger partial charge < -0.3 is 20.1 Å². The van der Waals surface area contributed by atoms with Gasteiger partial charge in [-0.2, -0.15) is 0 Å². The number of methoxy groups -OCH3 is 1. The first-order chi connectivity index (χ1) is 14.4. The highest BCUT2D eigenvalue weighted by atomic mass is 35.5. The van der Waals surface area contributed by atoms with Crippen LogP contribution in [0.5, 0.6) is 5.75 Å². The van der Waals surface area contributed by atoms with Gasteiger partial charge in [0.1, 0.15) is 11.5 Å². The van der Waals surface area contributed by atoms with E-state index in [1.165, 1.54) is 5.56 Å². The summed E-state index contributed by atoms with van der Waals surface area (Å²) in [5, 5.41) is 14.8. The number of hydrogen-bond acceptors (Lipinski definition) is 3. The van der Waals surface area contributed by atoms with Gasteiger partial charge in [-0.25, -0.2) is 0 Å². The predicted molar refractivity (Wildman–Crippen MR) is 119 cm³/mol. The van der Waals surface area contributed by atoms with Gasteiger partial charge >= 0.3 is 0 Å². The molecule has 0 aliphatic heterocycles. The van der Waals surface area contributed by atoms with Crippen molar-refractivity contribution in [2.24, 2.45) is 5.92 Å². The second kappa shape index (κ2) is 8.44. The van der Waals surface area contributed by atoms with Gasteiger partial charge in [0, 0.05) is 34.0 Å². The number of amides is 1. The Hall–Kier alpha value is -2.92. The third-order valence-corrected chi connectivity index (χ3v) is 6.05. The van der Waals surface area contributed by atoms with Gasteiger partial charge in [0.15, 0.2) is 0 Å². The number of aliphatic hydroxyl groups is 1. The molecule has 1 amide bonds. The van der Waals surface area contributed by atoms with E-state index in [9.17, 15) is 9.90 Å². The fourth-order valence-corrected chi connectivity index (χ4v) is 4.39. The van der Waals surface area contributed by atoms with Crippen molar-refractivity contribution in [2.75, 3.05) is 7.11 Å². The molecule has 0 spiro atoms. The standard InChI is InChI=1S/C24H25ClN2O3/c1-14(28)22(13-19-11-17-10-18(25)8-9-21(17)26-19)27-24(29)16-7-6-15-4-3-5-23(30-2)20(15)12-16/h3-5,8-11,16,22,26,28H,1,6-7,12-13H2,2H3,(H,27,29)/t16?,22-/m1/s1. The molecule has 1 aliphatic rings. The SMILES string of the molecule is C=C(O)[C@@H](Cc1cc2cc(Cl)ccc2[nH]1)NC(=O)C1CCc2cccc(OC)c2C1. The van der Waals surface area contributed by atoms with Crippen molar-refractivity contribution >= 4 is 28.4 Å². The van der Waals surface area contributed by atoms with Gasteiger partial charge in [-0.3, -0.25) is 4.79 Å². The van der Waals surface area contributed by atoms with Gasteiger partial charge in [0.25, 0.3) is 0 Å². The maximum Gasteiger partial charge on any atom is 0.224 e. The van der Waals surface area contributed by atoms with Crippen molar-refractivity contribution in [3.8, 4) is 5.75 Å². The summed E-state index contributed by atoms with van der Waals surface area (Å²) in [6, 6.07) is 13.0. The van der Waals surface area contributed by atoms with Crippen LogP contribution >= 0.6 is 11.6 Å². The Morgan fingerprint density at radius 2 is 2.20 bits per heavy atom. The molecule has 6 heteroatoms. The van der Waals surface area contributed by atoms with E-state index < -0.39 is 6.04 Å². The number of benzene rings is 2. The number of aromatic nitrogens is 1. The average molecular weight is 425 g/mol. The molecule has 2 atom stereocenters. The van der Waals surface area contributed by atoms with E-state index in [-0.39, 0.29) is 17.6 Å². The van der Waals surface area contributed by atoms with E-state index >= 15 is 0 Å². The highest BCUT2D eigenvalue weighted by Crippen LogP contribution is 2.32. The number of aromatic amines is 1. The number of carbonyl (C=O) groups excluding carboxylic acids is 1. The van der Waals surface area contributed by atoms with Crippen molar-refractivity contribution in [1.82, 2.24) is 10.3 Å². The maximum absolute atomic E-state index is 13.0. The van der Waals surface area contributed by atoms with Crippen molar-refractivity contribution in [2.45, 2.75) is 31.7 Å². The zero-order chi connectivity index (χ0) is 21.3. The zero-order valence-electron chi connectivity index (χ0n) is 16.9. The van der Waals surface area contributed by atoms with Gasteiger partial charge in [-0.15, -0.1) is 0 Å². The molecule has 3 N–H and O–H groups in total. The summed E-state index contributed by atoms with van der Waals surface area (Å²) in [6.07, 6.45) is 2.64. The molecule has 4 rings (SSSR count). The number of hydrogen-bond donors (Lipinski definition) is 3. The Morgan fingerprint density at radius 3 is 2.97 bits per heavy atom. The number of halogens is 1. The molecule has 1 unspecified atom stereocenters. The summed E-state index contributed by atoms with van der Waals surface area (Å²) in [5.74, 6) is 0.516. The molecule has 156 valence electrons. The van der Waals surface area contributed by atoms with E-state index in [1.807, 2.05) is 36.4 Å². The summed E-state index contributed by atoms with van der Waals surface area (Å²) >= 11 is 6.06. The lowest BCUT2D eigenvalue weighted by molar-refractivity contribution is -0.126. The van der Waals surface area contributed by atoms with Crippen molar-refractivity contribution in [3.63, 3.8) is 0 Å². The number of nitrogens with one attached hydrogen (secondary N) is 2. The molecule has 0 bridgehead atoms. The Balaban J connectivity index is 1.47. The summed E-state index contributed by atoms with van der Waals surface area (Å²) in [6.45, 7) is 3.67. The average Bonchev–Trinajstić information content (AvgIpc) is 3.13. The fraction of sp³-hybridized carbons (Fsp3) is 0.292. The van der Waals surface area contributed by atoms with E-state index in [0.29, 0.717) is 17.9 Å². The van der Waals surface area contributed by atoms with Crippen LogP contribution < -0.4 is 10.1 Å². The molecule has 0 fully saturated rings. The lowest BCUT2D eigenvalue weighted by Crippen LogP contribution is -2.42. The number of H-pyrrole nitrogens is 1. The molecular formula is C24H25ClN2O3. The molecule has 1 aliphatic carbocycles. The van der Waals surface area contributed by atoms with E-state index in [0.717, 1.165) is 40.8 Å². The van der Waals surface area contributed by atoms with Crippen LogP contribution in [-0.4, -0.2) is 29.1 Å². The number of carbonyl (C=O) groups is 1. The van der Waals surface area contributed by atoms with Gasteiger partial charge in [-0.05, 0) is 60.7 Å². The first-order valence-electron chi connectivity index (χ1n) is 10.0. The Labute approximate surface area is 180 Å². The molecule has 0 saturated carbocycles. The minimum absolute atomic E-state index is 0.0613. The Kier molecular flexibility index (Phi) is 5.73. The monoisotopic (exact) mass is 424 g/mol. The van der Waals surface area contributed by atoms with Crippen LogP contribution in [0, 0.1) is 5.92 Å². The van der Waals surface area contributed by atoms with Crippen LogP contribution in [0.2, 0.25) is 5.02 Å². The quantitative estimate of drug-likeness (QED) is 0.500. The van der Waals surface area contributed by atoms with Crippen LogP contribution in [0.25, 0.3) is 10.9 Å². The second-order valence-electron chi connectivity index (χ2n) is 7.82. The molecule has 30 heavy (non-hydrogen) atoms. The molecule has 3 aromatic rings. The first-order valence-corrected chi connectivity index (χ1v) is 10.4. The van der Waals surface area contributed by atoms with Gasteiger partial charge in [0.05, 0.1) is 13.2 Å². The van der Waals surface area contributed by atoms with Crippen LogP contribution in [-0.2, 0) is 24.1 Å². The minimum atomic E-state index is -0.569. The third kappa shape index (κ3) is 4.17. The van der Waals surface area contributed by atoms with Gasteiger partial charge in [-0.1, -0.05) is 30.3 Å². The summed E-state index contributed by atoms with van der Waals surface area (Å²) in [7, 11) is 1.65. The minimum Gasteiger partial charge on any atom is -0.511 e. The highest BCUT2D eigenvalue weighted by molar-refractivity contribution is 6.31. The number of fused-ring (bicyclic) bond motifs is 2. The number of rotatable bonds is 6. The topological polar surface area (TPSA) is 74.4 Å².